The SMILES string of the molecule is CCCCCCCCCCCC(C1CC(C)(C)NC(C)(C)C1)(C1CC(C)(C)NC(C)(C)C1)C1CC(C)(C)NC(C)(C)C1. The molecule has 0 aromatic heterocycles. The van der Waals surface area contributed by atoms with Gasteiger partial charge in [0, 0.05) is 33.2 Å². The molecule has 3 fully saturated rings. The Balaban J connectivity index is 2.03. The minimum absolute atomic E-state index is 0.173. The molecule has 42 heavy (non-hydrogen) atoms. The van der Waals surface area contributed by atoms with Gasteiger partial charge in [-0.1, -0.05) is 64.7 Å². The molecule has 3 aliphatic heterocycles. The smallest absolute Gasteiger partial charge is 0.0132 e. The highest BCUT2D eigenvalue weighted by Gasteiger charge is 2.59. The number of hydrogen-bond acceptors (Lipinski definition) is 3. The molecule has 0 aromatic rings. The third-order valence-electron chi connectivity index (χ3n) is 11.6. The van der Waals surface area contributed by atoms with Crippen LogP contribution in [0.15, 0.2) is 0 Å². The maximum Gasteiger partial charge on any atom is 0.0132 e. The van der Waals surface area contributed by atoms with E-state index in [9.17, 15) is 0 Å². The van der Waals surface area contributed by atoms with Crippen molar-refractivity contribution >= 4 is 0 Å². The first-order valence-corrected chi connectivity index (χ1v) is 18.5. The number of hydrogen-bond donors (Lipinski definition) is 3. The number of nitrogens with one attached hydrogen (secondary N) is 3. The molecule has 0 unspecified atom stereocenters. The molecule has 3 N–H and O–H groups in total. The van der Waals surface area contributed by atoms with Gasteiger partial charge in [0.1, 0.15) is 0 Å². The lowest BCUT2D eigenvalue weighted by atomic mass is 9.46. The lowest BCUT2D eigenvalue weighted by molar-refractivity contribution is -0.116. The zero-order valence-electron chi connectivity index (χ0n) is 31.0. The highest BCUT2D eigenvalue weighted by atomic mass is 15.1. The van der Waals surface area contributed by atoms with Crippen molar-refractivity contribution < 1.29 is 0 Å². The first-order chi connectivity index (χ1) is 19.1. The van der Waals surface area contributed by atoms with E-state index in [0.717, 1.165) is 17.8 Å². The molecule has 3 nitrogen and oxygen atoms in total. The van der Waals surface area contributed by atoms with Crippen LogP contribution in [-0.4, -0.2) is 33.2 Å². The summed E-state index contributed by atoms with van der Waals surface area (Å²) in [6, 6.07) is 0. The minimum atomic E-state index is 0.173. The molecule has 3 aliphatic rings. The lowest BCUT2D eigenvalue weighted by Gasteiger charge is -2.64. The van der Waals surface area contributed by atoms with Crippen molar-refractivity contribution in [3.8, 4) is 0 Å². The van der Waals surface area contributed by atoms with Gasteiger partial charge in [-0.2, -0.15) is 0 Å². The first-order valence-electron chi connectivity index (χ1n) is 18.5. The van der Waals surface area contributed by atoms with Crippen molar-refractivity contribution in [3.63, 3.8) is 0 Å². The molecule has 0 radical (unpaired) electrons. The average molecular weight is 588 g/mol. The van der Waals surface area contributed by atoms with Gasteiger partial charge in [-0.15, -0.1) is 0 Å². The molecule has 0 amide bonds. The predicted octanol–water partition coefficient (Wildman–Crippen LogP) is 10.6. The third kappa shape index (κ3) is 9.94. The van der Waals surface area contributed by atoms with Gasteiger partial charge >= 0.3 is 0 Å². The van der Waals surface area contributed by atoms with Gasteiger partial charge in [0.15, 0.2) is 0 Å². The topological polar surface area (TPSA) is 36.1 Å². The van der Waals surface area contributed by atoms with E-state index in [0.29, 0.717) is 5.41 Å². The van der Waals surface area contributed by atoms with Crippen molar-refractivity contribution in [2.75, 3.05) is 0 Å². The molecule has 3 saturated heterocycles. The summed E-state index contributed by atoms with van der Waals surface area (Å²) in [7, 11) is 0. The normalized spacial score (nSPS) is 27.6. The van der Waals surface area contributed by atoms with Crippen LogP contribution in [-0.2, 0) is 0 Å². The number of rotatable bonds is 13. The molecule has 0 saturated carbocycles. The largest absolute Gasteiger partial charge is 0.307 e. The maximum absolute atomic E-state index is 4.09. The van der Waals surface area contributed by atoms with Crippen LogP contribution in [0.25, 0.3) is 0 Å². The van der Waals surface area contributed by atoms with Gasteiger partial charge < -0.3 is 16.0 Å². The van der Waals surface area contributed by atoms with E-state index < -0.39 is 0 Å². The summed E-state index contributed by atoms with van der Waals surface area (Å²) in [4.78, 5) is 0. The Labute approximate surface area is 264 Å². The zero-order chi connectivity index (χ0) is 31.7. The average Bonchev–Trinajstić information content (AvgIpc) is 2.74. The summed E-state index contributed by atoms with van der Waals surface area (Å²) < 4.78 is 0. The Morgan fingerprint density at radius 1 is 0.405 bits per heavy atom. The Bertz CT molecular complexity index is 707. The van der Waals surface area contributed by atoms with Crippen LogP contribution in [0, 0.1) is 23.2 Å². The van der Waals surface area contributed by atoms with Gasteiger partial charge in [-0.3, -0.25) is 0 Å². The minimum Gasteiger partial charge on any atom is -0.307 e. The Morgan fingerprint density at radius 2 is 0.643 bits per heavy atom. The fourth-order valence-corrected chi connectivity index (χ4v) is 11.5. The fraction of sp³-hybridized carbons (Fsp3) is 1.00. The standard InChI is InChI=1S/C39H77N3/c1-14-15-16-17-18-19-20-21-22-23-39(30-24-33(2,3)40-34(4,5)25-30,31-26-35(6,7)41-36(8,9)27-31)32-28-37(10,11)42-38(12,13)29-32/h30-32,40-42H,14-29H2,1-13H3. The van der Waals surface area contributed by atoms with E-state index in [2.05, 4.69) is 106 Å². The van der Waals surface area contributed by atoms with Crippen LogP contribution in [0.4, 0.5) is 0 Å². The monoisotopic (exact) mass is 588 g/mol. The van der Waals surface area contributed by atoms with Crippen LogP contribution < -0.4 is 16.0 Å². The summed E-state index contributed by atoms with van der Waals surface area (Å²) in [6.45, 7) is 32.3. The van der Waals surface area contributed by atoms with Gasteiger partial charge in [0.25, 0.3) is 0 Å². The van der Waals surface area contributed by atoms with E-state index in [1.54, 1.807) is 0 Å². The second kappa shape index (κ2) is 13.3. The summed E-state index contributed by atoms with van der Waals surface area (Å²) in [5.41, 5.74) is 1.40. The molecule has 0 aromatic carbocycles. The molecule has 0 bridgehead atoms. The Morgan fingerprint density at radius 3 is 0.905 bits per heavy atom. The number of piperidine rings is 3. The molecule has 3 rings (SSSR count). The van der Waals surface area contributed by atoms with Crippen molar-refractivity contribution in [2.24, 2.45) is 23.2 Å². The quantitative estimate of drug-likeness (QED) is 0.188. The van der Waals surface area contributed by atoms with Crippen molar-refractivity contribution in [1.82, 2.24) is 16.0 Å². The van der Waals surface area contributed by atoms with Gasteiger partial charge in [0.05, 0.1) is 0 Å². The van der Waals surface area contributed by atoms with Crippen molar-refractivity contribution in [1.29, 1.82) is 0 Å². The Kier molecular flexibility index (Phi) is 11.5. The molecule has 0 aliphatic carbocycles. The maximum atomic E-state index is 4.09. The second-order valence-electron chi connectivity index (χ2n) is 19.7. The summed E-state index contributed by atoms with van der Waals surface area (Å²) in [5, 5.41) is 12.3. The van der Waals surface area contributed by atoms with E-state index >= 15 is 0 Å². The highest BCUT2D eigenvalue weighted by molar-refractivity contribution is 5.13. The molecular weight excluding hydrogens is 510 g/mol. The third-order valence-corrected chi connectivity index (χ3v) is 11.6. The summed E-state index contributed by atoms with van der Waals surface area (Å²) in [6.07, 6.45) is 22.0. The van der Waals surface area contributed by atoms with E-state index in [-0.39, 0.29) is 33.2 Å². The van der Waals surface area contributed by atoms with Crippen molar-refractivity contribution in [2.45, 2.75) is 226 Å². The fourth-order valence-electron chi connectivity index (χ4n) is 11.5. The van der Waals surface area contributed by atoms with Crippen molar-refractivity contribution in [3.05, 3.63) is 0 Å². The molecule has 0 spiro atoms. The van der Waals surface area contributed by atoms with E-state index in [1.807, 2.05) is 0 Å². The van der Waals surface area contributed by atoms with Gasteiger partial charge in [-0.25, -0.2) is 0 Å². The van der Waals surface area contributed by atoms with Crippen LogP contribution >= 0.6 is 0 Å². The molecule has 248 valence electrons. The van der Waals surface area contributed by atoms with Crippen LogP contribution in [0.1, 0.15) is 193 Å². The summed E-state index contributed by atoms with van der Waals surface area (Å²) in [5.74, 6) is 2.26. The van der Waals surface area contributed by atoms with E-state index in [1.165, 1.54) is 103 Å². The Hall–Kier alpha value is -0.120. The molecular formula is C39H77N3. The predicted molar refractivity (Wildman–Crippen MR) is 186 cm³/mol. The lowest BCUT2D eigenvalue weighted by Crippen LogP contribution is -2.67. The second-order valence-corrected chi connectivity index (χ2v) is 19.7. The molecule has 3 heteroatoms. The van der Waals surface area contributed by atoms with Crippen LogP contribution in [0.2, 0.25) is 0 Å². The van der Waals surface area contributed by atoms with Gasteiger partial charge in [-0.05, 0) is 151 Å². The first kappa shape index (κ1) is 36.3. The van der Waals surface area contributed by atoms with Crippen LogP contribution in [0.3, 0.4) is 0 Å². The molecule has 3 heterocycles. The van der Waals surface area contributed by atoms with E-state index in [4.69, 9.17) is 0 Å². The molecule has 0 atom stereocenters. The number of unbranched alkanes of at least 4 members (excludes halogenated alkanes) is 8. The zero-order valence-corrected chi connectivity index (χ0v) is 31.0. The van der Waals surface area contributed by atoms with Crippen LogP contribution in [0.5, 0.6) is 0 Å². The highest BCUT2D eigenvalue weighted by Crippen LogP contribution is 2.62. The van der Waals surface area contributed by atoms with Gasteiger partial charge in [0.2, 0.25) is 0 Å². The summed E-state index contributed by atoms with van der Waals surface area (Å²) >= 11 is 0.